The lowest BCUT2D eigenvalue weighted by atomic mass is 10.0. The van der Waals surface area contributed by atoms with Crippen molar-refractivity contribution < 1.29 is 0 Å². The molecule has 0 saturated heterocycles. The normalized spacial score (nSPS) is 11.0. The van der Waals surface area contributed by atoms with E-state index in [1.54, 1.807) is 0 Å². The SMILES string of the molecule is c1ccc2c(Cc3cnc4ccccc4n3)cccc2c1. The number of rotatable bonds is 2. The van der Waals surface area contributed by atoms with E-state index in [0.717, 1.165) is 23.1 Å². The summed E-state index contributed by atoms with van der Waals surface area (Å²) in [5.41, 5.74) is 4.19. The molecule has 3 aromatic carbocycles. The maximum Gasteiger partial charge on any atom is 0.0890 e. The Labute approximate surface area is 123 Å². The Morgan fingerprint density at radius 3 is 2.43 bits per heavy atom. The van der Waals surface area contributed by atoms with Crippen molar-refractivity contribution in [3.8, 4) is 0 Å². The molecule has 4 aromatic rings. The zero-order valence-corrected chi connectivity index (χ0v) is 11.5. The van der Waals surface area contributed by atoms with Crippen molar-refractivity contribution in [1.29, 1.82) is 0 Å². The first-order valence-electron chi connectivity index (χ1n) is 7.07. The first kappa shape index (κ1) is 12.0. The Hall–Kier alpha value is -2.74. The third kappa shape index (κ3) is 2.25. The van der Waals surface area contributed by atoms with Crippen molar-refractivity contribution in [3.05, 3.63) is 84.2 Å². The summed E-state index contributed by atoms with van der Waals surface area (Å²) in [6.45, 7) is 0. The van der Waals surface area contributed by atoms with Gasteiger partial charge in [-0.2, -0.15) is 0 Å². The van der Waals surface area contributed by atoms with Crippen LogP contribution in [0.25, 0.3) is 21.8 Å². The summed E-state index contributed by atoms with van der Waals surface area (Å²) in [6.07, 6.45) is 2.68. The number of para-hydroxylation sites is 2. The molecule has 0 saturated carbocycles. The Morgan fingerprint density at radius 1 is 0.714 bits per heavy atom. The van der Waals surface area contributed by atoms with Crippen LogP contribution in [0.1, 0.15) is 11.3 Å². The highest BCUT2D eigenvalue weighted by Gasteiger charge is 2.04. The van der Waals surface area contributed by atoms with E-state index in [0.29, 0.717) is 0 Å². The van der Waals surface area contributed by atoms with Gasteiger partial charge in [0.15, 0.2) is 0 Å². The smallest absolute Gasteiger partial charge is 0.0890 e. The summed E-state index contributed by atoms with van der Waals surface area (Å²) < 4.78 is 0. The van der Waals surface area contributed by atoms with Crippen LogP contribution in [0.3, 0.4) is 0 Å². The molecular weight excluding hydrogens is 256 g/mol. The van der Waals surface area contributed by atoms with E-state index in [-0.39, 0.29) is 0 Å². The highest BCUT2D eigenvalue weighted by atomic mass is 14.8. The van der Waals surface area contributed by atoms with Crippen LogP contribution in [-0.4, -0.2) is 9.97 Å². The summed E-state index contributed by atoms with van der Waals surface area (Å²) in [5, 5.41) is 2.55. The van der Waals surface area contributed by atoms with Crippen LogP contribution >= 0.6 is 0 Å². The molecule has 4 rings (SSSR count). The van der Waals surface area contributed by atoms with Crippen molar-refractivity contribution in [2.45, 2.75) is 6.42 Å². The van der Waals surface area contributed by atoms with Gasteiger partial charge in [0.25, 0.3) is 0 Å². The van der Waals surface area contributed by atoms with Gasteiger partial charge in [-0.3, -0.25) is 4.98 Å². The third-order valence-corrected chi connectivity index (χ3v) is 3.75. The highest BCUT2D eigenvalue weighted by molar-refractivity contribution is 5.86. The van der Waals surface area contributed by atoms with E-state index >= 15 is 0 Å². The van der Waals surface area contributed by atoms with Gasteiger partial charge in [0.2, 0.25) is 0 Å². The summed E-state index contributed by atoms with van der Waals surface area (Å²) in [5.74, 6) is 0. The van der Waals surface area contributed by atoms with Gasteiger partial charge in [-0.25, -0.2) is 4.98 Å². The minimum absolute atomic E-state index is 0.805. The molecule has 100 valence electrons. The zero-order valence-electron chi connectivity index (χ0n) is 11.5. The van der Waals surface area contributed by atoms with E-state index in [4.69, 9.17) is 4.98 Å². The van der Waals surface area contributed by atoms with Crippen LogP contribution in [0.5, 0.6) is 0 Å². The van der Waals surface area contributed by atoms with E-state index in [1.807, 2.05) is 30.5 Å². The molecule has 2 nitrogen and oxygen atoms in total. The maximum absolute atomic E-state index is 4.71. The fourth-order valence-electron chi connectivity index (χ4n) is 2.72. The summed E-state index contributed by atoms with van der Waals surface area (Å²) in [6, 6.07) is 22.9. The Morgan fingerprint density at radius 2 is 1.48 bits per heavy atom. The molecule has 0 atom stereocenters. The third-order valence-electron chi connectivity index (χ3n) is 3.75. The number of benzene rings is 3. The molecular formula is C19H14N2. The topological polar surface area (TPSA) is 25.8 Å². The molecule has 0 amide bonds. The van der Waals surface area contributed by atoms with Gasteiger partial charge in [-0.15, -0.1) is 0 Å². The number of fused-ring (bicyclic) bond motifs is 2. The first-order valence-corrected chi connectivity index (χ1v) is 7.07. The van der Waals surface area contributed by atoms with Crippen molar-refractivity contribution in [2.75, 3.05) is 0 Å². The highest BCUT2D eigenvalue weighted by Crippen LogP contribution is 2.21. The molecule has 0 aliphatic carbocycles. The van der Waals surface area contributed by atoms with Gasteiger partial charge in [0, 0.05) is 12.6 Å². The van der Waals surface area contributed by atoms with Gasteiger partial charge in [-0.1, -0.05) is 54.6 Å². The van der Waals surface area contributed by atoms with Crippen LogP contribution in [0.15, 0.2) is 72.9 Å². The van der Waals surface area contributed by atoms with Gasteiger partial charge in [0.05, 0.1) is 16.7 Å². The lowest BCUT2D eigenvalue weighted by Crippen LogP contribution is -1.95. The van der Waals surface area contributed by atoms with Crippen molar-refractivity contribution in [2.24, 2.45) is 0 Å². The molecule has 0 unspecified atom stereocenters. The van der Waals surface area contributed by atoms with Crippen molar-refractivity contribution >= 4 is 21.8 Å². The van der Waals surface area contributed by atoms with Gasteiger partial charge < -0.3 is 0 Å². The van der Waals surface area contributed by atoms with E-state index < -0.39 is 0 Å². The fourth-order valence-corrected chi connectivity index (χ4v) is 2.72. The summed E-state index contributed by atoms with van der Waals surface area (Å²) >= 11 is 0. The van der Waals surface area contributed by atoms with Gasteiger partial charge in [0.1, 0.15) is 0 Å². The average molecular weight is 270 g/mol. The second-order valence-electron chi connectivity index (χ2n) is 5.17. The number of aromatic nitrogens is 2. The van der Waals surface area contributed by atoms with Crippen LogP contribution in [0, 0.1) is 0 Å². The predicted molar refractivity (Wildman–Crippen MR) is 86.3 cm³/mol. The molecule has 0 spiro atoms. The maximum atomic E-state index is 4.71. The van der Waals surface area contributed by atoms with E-state index in [2.05, 4.69) is 47.4 Å². The average Bonchev–Trinajstić information content (AvgIpc) is 2.55. The molecule has 0 fully saturated rings. The lowest BCUT2D eigenvalue weighted by Gasteiger charge is -2.06. The van der Waals surface area contributed by atoms with Gasteiger partial charge in [-0.05, 0) is 28.5 Å². The van der Waals surface area contributed by atoms with E-state index in [9.17, 15) is 0 Å². The molecule has 1 aromatic heterocycles. The minimum atomic E-state index is 0.805. The fraction of sp³-hybridized carbons (Fsp3) is 0.0526. The van der Waals surface area contributed by atoms with Crippen molar-refractivity contribution in [3.63, 3.8) is 0 Å². The number of hydrogen-bond donors (Lipinski definition) is 0. The Kier molecular flexibility index (Phi) is 2.86. The molecule has 0 radical (unpaired) electrons. The monoisotopic (exact) mass is 270 g/mol. The van der Waals surface area contributed by atoms with Crippen LogP contribution in [0.2, 0.25) is 0 Å². The quantitative estimate of drug-likeness (QED) is 0.540. The van der Waals surface area contributed by atoms with E-state index in [1.165, 1.54) is 16.3 Å². The summed E-state index contributed by atoms with van der Waals surface area (Å²) in [7, 11) is 0. The van der Waals surface area contributed by atoms with Crippen molar-refractivity contribution in [1.82, 2.24) is 9.97 Å². The molecule has 0 bridgehead atoms. The molecule has 0 N–H and O–H groups in total. The van der Waals surface area contributed by atoms with Gasteiger partial charge >= 0.3 is 0 Å². The molecule has 0 aliphatic heterocycles. The second-order valence-corrected chi connectivity index (χ2v) is 5.17. The molecule has 1 heterocycles. The zero-order chi connectivity index (χ0) is 14.1. The Balaban J connectivity index is 1.79. The standard InChI is InChI=1S/C19H14N2/c1-2-9-17-14(6-1)7-5-8-15(17)12-16-13-20-18-10-3-4-11-19(18)21-16/h1-11,13H,12H2. The number of nitrogens with zero attached hydrogens (tertiary/aromatic N) is 2. The molecule has 0 aliphatic rings. The first-order chi connectivity index (χ1) is 10.4. The van der Waals surface area contributed by atoms with Crippen LogP contribution < -0.4 is 0 Å². The lowest BCUT2D eigenvalue weighted by molar-refractivity contribution is 1.08. The van der Waals surface area contributed by atoms with Crippen LogP contribution in [0.4, 0.5) is 0 Å². The largest absolute Gasteiger partial charge is 0.253 e. The van der Waals surface area contributed by atoms with Crippen LogP contribution in [-0.2, 0) is 6.42 Å². The molecule has 21 heavy (non-hydrogen) atoms. The minimum Gasteiger partial charge on any atom is -0.253 e. The number of hydrogen-bond acceptors (Lipinski definition) is 2. The second kappa shape index (κ2) is 4.98. The Bertz CT molecular complexity index is 923. The molecule has 2 heteroatoms. The summed E-state index contributed by atoms with van der Waals surface area (Å²) in [4.78, 5) is 9.21. The predicted octanol–water partition coefficient (Wildman–Crippen LogP) is 4.37.